The van der Waals surface area contributed by atoms with Crippen molar-refractivity contribution in [2.75, 3.05) is 0 Å². The predicted molar refractivity (Wildman–Crippen MR) is 220 cm³/mol. The van der Waals surface area contributed by atoms with Crippen LogP contribution in [-0.4, -0.2) is 15.0 Å². The predicted octanol–water partition coefficient (Wildman–Crippen LogP) is 12.8. The zero-order valence-corrected chi connectivity index (χ0v) is 29.6. The molecule has 0 saturated carbocycles. The van der Waals surface area contributed by atoms with E-state index in [9.17, 15) is 0 Å². The number of aromatic nitrogens is 3. The van der Waals surface area contributed by atoms with Crippen LogP contribution in [0.5, 0.6) is 0 Å². The van der Waals surface area contributed by atoms with E-state index in [1.807, 2.05) is 30.5 Å². The molecule has 53 heavy (non-hydrogen) atoms. The molecule has 0 aliphatic heterocycles. The van der Waals surface area contributed by atoms with Gasteiger partial charge in [0.1, 0.15) is 0 Å². The summed E-state index contributed by atoms with van der Waals surface area (Å²) in [6, 6.07) is 58.7. The van der Waals surface area contributed by atoms with Crippen molar-refractivity contribution >= 4 is 21.5 Å². The average molecular weight is 678 g/mol. The Morgan fingerprint density at radius 3 is 1.79 bits per heavy atom. The fraction of sp³-hybridized carbons (Fsp3) is 0.0600. The molecule has 1 aliphatic carbocycles. The summed E-state index contributed by atoms with van der Waals surface area (Å²) < 4.78 is 0. The number of nitrogens with zero attached hydrogens (tertiary/aromatic N) is 3. The van der Waals surface area contributed by atoms with Gasteiger partial charge in [0.25, 0.3) is 0 Å². The van der Waals surface area contributed by atoms with E-state index in [0.717, 1.165) is 44.6 Å². The van der Waals surface area contributed by atoms with Crippen LogP contribution in [0, 0.1) is 0 Å². The van der Waals surface area contributed by atoms with Gasteiger partial charge in [0, 0.05) is 34.5 Å². The van der Waals surface area contributed by atoms with Crippen molar-refractivity contribution < 1.29 is 0 Å². The molecule has 0 spiro atoms. The summed E-state index contributed by atoms with van der Waals surface area (Å²) in [5.74, 6) is 0.704. The van der Waals surface area contributed by atoms with Crippen LogP contribution in [0.4, 0.5) is 0 Å². The molecule has 0 radical (unpaired) electrons. The topological polar surface area (TPSA) is 38.7 Å². The van der Waals surface area contributed by atoms with E-state index in [-0.39, 0.29) is 5.41 Å². The molecular formula is C50H35N3. The minimum absolute atomic E-state index is 0.163. The summed E-state index contributed by atoms with van der Waals surface area (Å²) in [5.41, 5.74) is 14.9. The van der Waals surface area contributed by atoms with E-state index in [0.29, 0.717) is 5.82 Å². The first-order valence-corrected chi connectivity index (χ1v) is 18.2. The number of hydrogen-bond donors (Lipinski definition) is 0. The van der Waals surface area contributed by atoms with Crippen LogP contribution in [-0.2, 0) is 5.41 Å². The summed E-state index contributed by atoms with van der Waals surface area (Å²) in [4.78, 5) is 14.7. The number of rotatable bonds is 5. The molecule has 1 aliphatic rings. The maximum atomic E-state index is 5.23. The lowest BCUT2D eigenvalue weighted by molar-refractivity contribution is 0.663. The smallest absolute Gasteiger partial charge is 0.160 e. The first-order chi connectivity index (χ1) is 26.0. The third kappa shape index (κ3) is 5.16. The summed E-state index contributed by atoms with van der Waals surface area (Å²) in [7, 11) is 0. The van der Waals surface area contributed by atoms with Gasteiger partial charge in [0.15, 0.2) is 5.82 Å². The zero-order valence-electron chi connectivity index (χ0n) is 29.6. The quantitative estimate of drug-likeness (QED) is 0.182. The van der Waals surface area contributed by atoms with Crippen molar-refractivity contribution in [3.8, 4) is 67.3 Å². The highest BCUT2D eigenvalue weighted by molar-refractivity contribution is 6.07. The Hall–Kier alpha value is -6.71. The molecule has 0 saturated heterocycles. The van der Waals surface area contributed by atoms with E-state index in [4.69, 9.17) is 9.97 Å². The Balaban J connectivity index is 1.13. The lowest BCUT2D eigenvalue weighted by Crippen LogP contribution is -2.16. The molecule has 0 N–H and O–H groups in total. The normalized spacial score (nSPS) is 12.9. The number of benzene rings is 7. The van der Waals surface area contributed by atoms with Gasteiger partial charge in [-0.2, -0.15) is 0 Å². The molecule has 0 fully saturated rings. The van der Waals surface area contributed by atoms with Gasteiger partial charge in [-0.1, -0.05) is 153 Å². The van der Waals surface area contributed by atoms with E-state index >= 15 is 0 Å². The van der Waals surface area contributed by atoms with Gasteiger partial charge in [-0.15, -0.1) is 0 Å². The molecule has 9 aromatic rings. The molecule has 3 heteroatoms. The molecule has 3 nitrogen and oxygen atoms in total. The van der Waals surface area contributed by atoms with Crippen molar-refractivity contribution in [3.05, 3.63) is 187 Å². The van der Waals surface area contributed by atoms with Crippen LogP contribution in [0.15, 0.2) is 176 Å². The second-order valence-corrected chi connectivity index (χ2v) is 14.5. The third-order valence-corrected chi connectivity index (χ3v) is 11.0. The van der Waals surface area contributed by atoms with Crippen molar-refractivity contribution in [3.63, 3.8) is 0 Å². The molecule has 10 rings (SSSR count). The molecule has 0 atom stereocenters. The van der Waals surface area contributed by atoms with Crippen molar-refractivity contribution in [1.82, 2.24) is 15.0 Å². The van der Waals surface area contributed by atoms with Crippen LogP contribution in [0.25, 0.3) is 88.8 Å². The molecule has 2 aromatic heterocycles. The molecule has 0 unspecified atom stereocenters. The minimum atomic E-state index is -0.163. The fourth-order valence-electron chi connectivity index (χ4n) is 8.36. The second-order valence-electron chi connectivity index (χ2n) is 14.5. The van der Waals surface area contributed by atoms with E-state index in [2.05, 4.69) is 158 Å². The number of hydrogen-bond acceptors (Lipinski definition) is 3. The average Bonchev–Trinajstić information content (AvgIpc) is 3.45. The lowest BCUT2D eigenvalue weighted by Gasteiger charge is -2.25. The highest BCUT2D eigenvalue weighted by Gasteiger charge is 2.38. The number of fused-ring (bicyclic) bond motifs is 5. The van der Waals surface area contributed by atoms with Crippen LogP contribution in [0.3, 0.4) is 0 Å². The maximum Gasteiger partial charge on any atom is 0.160 e. The van der Waals surface area contributed by atoms with Gasteiger partial charge in [-0.3, -0.25) is 4.98 Å². The monoisotopic (exact) mass is 677 g/mol. The van der Waals surface area contributed by atoms with Gasteiger partial charge >= 0.3 is 0 Å². The summed E-state index contributed by atoms with van der Waals surface area (Å²) in [5, 5.41) is 4.93. The van der Waals surface area contributed by atoms with Gasteiger partial charge in [0.05, 0.1) is 11.4 Å². The van der Waals surface area contributed by atoms with E-state index in [1.165, 1.54) is 49.5 Å². The summed E-state index contributed by atoms with van der Waals surface area (Å²) in [6.07, 6.45) is 3.70. The second kappa shape index (κ2) is 12.2. The minimum Gasteiger partial charge on any atom is -0.264 e. The van der Waals surface area contributed by atoms with Gasteiger partial charge in [-0.25, -0.2) is 9.97 Å². The standard InChI is InChI=1S/C50H35N3/c1-50(2)45-29-36-15-7-6-14-35(36)28-44(45)43-20-10-19-42(48(43)50)40-25-26-41(39-18-9-8-17-38(39)40)47-30-46(52-49(53-47)34-12-4-3-5-13-34)33-23-21-32(22-24-33)37-16-11-27-51-31-37/h3-31H,1-2H3. The molecular weight excluding hydrogens is 643 g/mol. The highest BCUT2D eigenvalue weighted by Crippen LogP contribution is 2.54. The Labute approximate surface area is 309 Å². The summed E-state index contributed by atoms with van der Waals surface area (Å²) >= 11 is 0. The SMILES string of the molecule is CC1(C)c2cc3ccccc3cc2-c2cccc(-c3ccc(-c4cc(-c5ccc(-c6cccnc6)cc5)nc(-c5ccccc5)n4)c4ccccc34)c21. The third-order valence-electron chi connectivity index (χ3n) is 11.0. The molecule has 2 heterocycles. The van der Waals surface area contributed by atoms with Gasteiger partial charge in [0.2, 0.25) is 0 Å². The maximum absolute atomic E-state index is 5.23. The Morgan fingerprint density at radius 2 is 1.04 bits per heavy atom. The van der Waals surface area contributed by atoms with Gasteiger partial charge in [-0.05, 0) is 90.3 Å². The van der Waals surface area contributed by atoms with Crippen molar-refractivity contribution in [1.29, 1.82) is 0 Å². The van der Waals surface area contributed by atoms with Crippen LogP contribution in [0.2, 0.25) is 0 Å². The first kappa shape index (κ1) is 31.1. The Bertz CT molecular complexity index is 2840. The Kier molecular flexibility index (Phi) is 7.16. The van der Waals surface area contributed by atoms with Crippen LogP contribution in [0.1, 0.15) is 25.0 Å². The van der Waals surface area contributed by atoms with Crippen molar-refractivity contribution in [2.45, 2.75) is 19.3 Å². The zero-order chi connectivity index (χ0) is 35.5. The number of pyridine rings is 1. The highest BCUT2D eigenvalue weighted by atomic mass is 14.9. The van der Waals surface area contributed by atoms with Gasteiger partial charge < -0.3 is 0 Å². The largest absolute Gasteiger partial charge is 0.264 e. The summed E-state index contributed by atoms with van der Waals surface area (Å²) in [6.45, 7) is 4.76. The molecule has 7 aromatic carbocycles. The Morgan fingerprint density at radius 1 is 0.415 bits per heavy atom. The molecule has 0 amide bonds. The lowest BCUT2D eigenvalue weighted by atomic mass is 9.78. The van der Waals surface area contributed by atoms with Crippen LogP contribution >= 0.6 is 0 Å². The van der Waals surface area contributed by atoms with E-state index in [1.54, 1.807) is 6.20 Å². The van der Waals surface area contributed by atoms with E-state index < -0.39 is 0 Å². The molecule has 0 bridgehead atoms. The first-order valence-electron chi connectivity index (χ1n) is 18.2. The van der Waals surface area contributed by atoms with Crippen LogP contribution < -0.4 is 0 Å². The fourth-order valence-corrected chi connectivity index (χ4v) is 8.36. The molecule has 250 valence electrons. The van der Waals surface area contributed by atoms with Crippen molar-refractivity contribution in [2.24, 2.45) is 0 Å².